The molecule has 0 fully saturated rings. The van der Waals surface area contributed by atoms with E-state index in [-0.39, 0.29) is 4.31 Å². The second-order valence-corrected chi connectivity index (χ2v) is 4.19. The van der Waals surface area contributed by atoms with Gasteiger partial charge in [0.1, 0.15) is 6.54 Å². The maximum Gasteiger partial charge on any atom is 0.513 e. The van der Waals surface area contributed by atoms with Gasteiger partial charge in [-0.2, -0.15) is 12.7 Å². The minimum Gasteiger partial charge on any atom is -0.469 e. The zero-order valence-corrected chi connectivity index (χ0v) is 8.22. The smallest absolute Gasteiger partial charge is 0.469 e. The van der Waals surface area contributed by atoms with E-state index < -0.39 is 34.0 Å². The molecule has 0 aromatic rings. The third kappa shape index (κ3) is 3.91. The molecule has 86 valence electrons. The number of carboxylic acid groups (broad SMARTS) is 2. The van der Waals surface area contributed by atoms with Gasteiger partial charge in [-0.15, -0.1) is 0 Å². The lowest BCUT2D eigenvalue weighted by Crippen LogP contribution is -2.37. The molecule has 0 heterocycles. The van der Waals surface area contributed by atoms with Crippen molar-refractivity contribution in [2.75, 3.05) is 13.6 Å². The van der Waals surface area contributed by atoms with Crippen molar-refractivity contribution in [2.45, 2.75) is 0 Å². The quantitative estimate of drug-likeness (QED) is 0.481. The first-order chi connectivity index (χ1) is 6.67. The summed E-state index contributed by atoms with van der Waals surface area (Å²) in [5.74, 6) is -1.39. The number of carbonyl (C=O) groups is 3. The van der Waals surface area contributed by atoms with Crippen LogP contribution in [0, 0.1) is 0 Å². The number of hydrogen-bond donors (Lipinski definition) is 2. The van der Waals surface area contributed by atoms with Gasteiger partial charge in [-0.1, -0.05) is 0 Å². The van der Waals surface area contributed by atoms with Gasteiger partial charge in [0.15, 0.2) is 0 Å². The maximum absolute atomic E-state index is 10.8. The van der Waals surface area contributed by atoms with Gasteiger partial charge in [-0.05, 0) is 0 Å². The monoisotopic (exact) mass is 241 g/mol. The van der Waals surface area contributed by atoms with E-state index in [4.69, 9.17) is 10.2 Å². The second kappa shape index (κ2) is 4.70. The molecule has 0 aromatic heterocycles. The Hall–Kier alpha value is -1.68. The standard InChI is InChI=1S/C5H7NO8S/c1-6(15(12,13)5(10)11)2-3(7)14-4(8)9/h2H2,1H3,(H,8,9)(H,10,11). The molecule has 0 saturated carbocycles. The van der Waals surface area contributed by atoms with Crippen molar-refractivity contribution in [1.29, 1.82) is 0 Å². The second-order valence-electron chi connectivity index (χ2n) is 2.27. The topological polar surface area (TPSA) is 138 Å². The molecular weight excluding hydrogens is 234 g/mol. The first-order valence-electron chi connectivity index (χ1n) is 3.30. The summed E-state index contributed by atoms with van der Waals surface area (Å²) in [6, 6.07) is 0. The number of ether oxygens (including phenoxy) is 1. The largest absolute Gasteiger partial charge is 0.513 e. The first kappa shape index (κ1) is 13.3. The predicted octanol–water partition coefficient (Wildman–Crippen LogP) is -0.853. The highest BCUT2D eigenvalue weighted by Crippen LogP contribution is 1.99. The molecule has 0 atom stereocenters. The van der Waals surface area contributed by atoms with Crippen LogP contribution < -0.4 is 0 Å². The molecule has 0 amide bonds. The zero-order chi connectivity index (χ0) is 12.2. The summed E-state index contributed by atoms with van der Waals surface area (Å²) in [7, 11) is -3.85. The van der Waals surface area contributed by atoms with E-state index in [1.807, 2.05) is 0 Å². The van der Waals surface area contributed by atoms with Gasteiger partial charge in [0.05, 0.1) is 0 Å². The zero-order valence-electron chi connectivity index (χ0n) is 7.41. The summed E-state index contributed by atoms with van der Waals surface area (Å²) in [6.07, 6.45) is -1.90. The normalized spacial score (nSPS) is 11.1. The first-order valence-corrected chi connectivity index (χ1v) is 4.74. The number of rotatable bonds is 3. The van der Waals surface area contributed by atoms with Crippen molar-refractivity contribution in [3.63, 3.8) is 0 Å². The van der Waals surface area contributed by atoms with E-state index in [0.29, 0.717) is 0 Å². The van der Waals surface area contributed by atoms with Crippen LogP contribution in [-0.2, 0) is 19.6 Å². The molecule has 0 unspecified atom stereocenters. The molecule has 2 N–H and O–H groups in total. The Balaban J connectivity index is 4.51. The Morgan fingerprint density at radius 1 is 1.27 bits per heavy atom. The van der Waals surface area contributed by atoms with Crippen LogP contribution in [0.4, 0.5) is 9.59 Å². The van der Waals surface area contributed by atoms with Gasteiger partial charge in [0, 0.05) is 7.05 Å². The summed E-state index contributed by atoms with van der Waals surface area (Å²) in [5.41, 5.74) is 0. The summed E-state index contributed by atoms with van der Waals surface area (Å²) in [4.78, 5) is 30.6. The van der Waals surface area contributed by atoms with E-state index >= 15 is 0 Å². The summed E-state index contributed by atoms with van der Waals surface area (Å²) < 4.78 is 25.4. The average molecular weight is 241 g/mol. The fraction of sp³-hybridized carbons (Fsp3) is 0.400. The van der Waals surface area contributed by atoms with Crippen molar-refractivity contribution in [2.24, 2.45) is 0 Å². The third-order valence-corrected chi connectivity index (χ3v) is 2.57. The lowest BCUT2D eigenvalue weighted by atomic mass is 10.7. The predicted molar refractivity (Wildman–Crippen MR) is 43.7 cm³/mol. The third-order valence-electron chi connectivity index (χ3n) is 1.18. The van der Waals surface area contributed by atoms with Crippen LogP contribution >= 0.6 is 0 Å². The van der Waals surface area contributed by atoms with E-state index in [1.165, 1.54) is 0 Å². The van der Waals surface area contributed by atoms with Gasteiger partial charge in [-0.3, -0.25) is 4.79 Å². The number of nitrogens with zero attached hydrogens (tertiary/aromatic N) is 1. The van der Waals surface area contributed by atoms with Crippen LogP contribution in [0.1, 0.15) is 0 Å². The Morgan fingerprint density at radius 2 is 1.73 bits per heavy atom. The molecule has 0 aliphatic heterocycles. The van der Waals surface area contributed by atoms with Gasteiger partial charge < -0.3 is 14.9 Å². The van der Waals surface area contributed by atoms with E-state index in [9.17, 15) is 22.8 Å². The molecule has 15 heavy (non-hydrogen) atoms. The lowest BCUT2D eigenvalue weighted by Gasteiger charge is -2.11. The molecule has 0 spiro atoms. The number of likely N-dealkylation sites (N-methyl/N-ethyl adjacent to an activating group) is 1. The highest BCUT2D eigenvalue weighted by atomic mass is 32.2. The van der Waals surface area contributed by atoms with Gasteiger partial charge in [0.2, 0.25) is 0 Å². The molecule has 0 bridgehead atoms. The van der Waals surface area contributed by atoms with Gasteiger partial charge in [0.25, 0.3) is 0 Å². The molecule has 0 aromatic carbocycles. The van der Waals surface area contributed by atoms with E-state index in [0.717, 1.165) is 7.05 Å². The Kier molecular flexibility index (Phi) is 4.18. The molecule has 0 aliphatic rings. The van der Waals surface area contributed by atoms with Crippen molar-refractivity contribution >= 4 is 27.4 Å². The minimum absolute atomic E-state index is 0.153. The van der Waals surface area contributed by atoms with E-state index in [2.05, 4.69) is 4.74 Å². The van der Waals surface area contributed by atoms with Crippen LogP contribution in [0.25, 0.3) is 0 Å². The fourth-order valence-corrected chi connectivity index (χ4v) is 1.07. The van der Waals surface area contributed by atoms with Crippen LogP contribution in [0.2, 0.25) is 0 Å². The molecule has 9 nitrogen and oxygen atoms in total. The number of esters is 1. The fourth-order valence-electron chi connectivity index (χ4n) is 0.530. The van der Waals surface area contributed by atoms with Crippen molar-refractivity contribution < 1.29 is 37.8 Å². The van der Waals surface area contributed by atoms with Crippen molar-refractivity contribution in [3.8, 4) is 0 Å². The SMILES string of the molecule is CN(CC(=O)OC(=O)O)S(=O)(=O)C(=O)O. The maximum atomic E-state index is 10.8. The minimum atomic E-state index is -4.65. The van der Waals surface area contributed by atoms with Gasteiger partial charge >= 0.3 is 27.4 Å². The van der Waals surface area contributed by atoms with Crippen LogP contribution in [0.3, 0.4) is 0 Å². The highest BCUT2D eigenvalue weighted by molar-refractivity contribution is 8.03. The summed E-state index contributed by atoms with van der Waals surface area (Å²) in [6.45, 7) is -0.999. The van der Waals surface area contributed by atoms with Crippen molar-refractivity contribution in [3.05, 3.63) is 0 Å². The molecule has 0 aliphatic carbocycles. The summed E-state index contributed by atoms with van der Waals surface area (Å²) in [5, 5.41) is 14.0. The Labute approximate surface area is 83.9 Å². The van der Waals surface area contributed by atoms with Crippen LogP contribution in [0.15, 0.2) is 0 Å². The molecule has 10 heteroatoms. The van der Waals surface area contributed by atoms with Gasteiger partial charge in [-0.25, -0.2) is 9.59 Å². The highest BCUT2D eigenvalue weighted by Gasteiger charge is 2.29. The van der Waals surface area contributed by atoms with Crippen LogP contribution in [0.5, 0.6) is 0 Å². The lowest BCUT2D eigenvalue weighted by molar-refractivity contribution is -0.138. The molecular formula is C5H7NO8S. The average Bonchev–Trinajstić information content (AvgIpc) is 2.01. The van der Waals surface area contributed by atoms with Crippen molar-refractivity contribution in [1.82, 2.24) is 4.31 Å². The Bertz CT molecular complexity index is 384. The Morgan fingerprint density at radius 3 is 2.07 bits per heavy atom. The van der Waals surface area contributed by atoms with E-state index in [1.54, 1.807) is 0 Å². The summed E-state index contributed by atoms with van der Waals surface area (Å²) >= 11 is 0. The molecule has 0 rings (SSSR count). The number of hydrogen-bond acceptors (Lipinski definition) is 6. The molecule has 0 radical (unpaired) electrons. The van der Waals surface area contributed by atoms with Crippen LogP contribution in [-0.4, -0.2) is 54.0 Å². The molecule has 0 saturated heterocycles. The number of carbonyl (C=O) groups excluding carboxylic acids is 1. The number of sulfonamides is 1.